The Morgan fingerprint density at radius 1 is 1.35 bits per heavy atom. The van der Waals surface area contributed by atoms with Crippen molar-refractivity contribution in [1.82, 2.24) is 5.32 Å². The summed E-state index contributed by atoms with van der Waals surface area (Å²) in [7, 11) is 1.59. The SMILES string of the molecule is COCc1ccc(C(NC(C)=O)C(=O)O)cc1. The highest BCUT2D eigenvalue weighted by atomic mass is 16.5. The number of aliphatic carboxylic acids is 1. The van der Waals surface area contributed by atoms with E-state index >= 15 is 0 Å². The largest absolute Gasteiger partial charge is 0.479 e. The van der Waals surface area contributed by atoms with Crippen molar-refractivity contribution in [2.45, 2.75) is 19.6 Å². The lowest BCUT2D eigenvalue weighted by Gasteiger charge is -2.13. The van der Waals surface area contributed by atoms with Crippen LogP contribution in [0.4, 0.5) is 0 Å². The first-order valence-electron chi connectivity index (χ1n) is 5.12. The Balaban J connectivity index is 2.87. The van der Waals surface area contributed by atoms with Gasteiger partial charge in [0, 0.05) is 14.0 Å². The van der Waals surface area contributed by atoms with Gasteiger partial charge in [-0.2, -0.15) is 0 Å². The summed E-state index contributed by atoms with van der Waals surface area (Å²) in [6, 6.07) is 5.88. The van der Waals surface area contributed by atoms with Gasteiger partial charge in [0.1, 0.15) is 0 Å². The number of carboxylic acids is 1. The molecule has 0 saturated carbocycles. The van der Waals surface area contributed by atoms with Crippen LogP contribution >= 0.6 is 0 Å². The van der Waals surface area contributed by atoms with Crippen molar-refractivity contribution in [3.63, 3.8) is 0 Å². The highest BCUT2D eigenvalue weighted by molar-refractivity contribution is 5.83. The van der Waals surface area contributed by atoms with Crippen LogP contribution in [0.1, 0.15) is 24.1 Å². The number of hydrogen-bond acceptors (Lipinski definition) is 3. The molecule has 1 amide bonds. The fourth-order valence-electron chi connectivity index (χ4n) is 1.46. The number of methoxy groups -OCH3 is 1. The van der Waals surface area contributed by atoms with Gasteiger partial charge in [-0.3, -0.25) is 4.79 Å². The van der Waals surface area contributed by atoms with E-state index in [1.54, 1.807) is 31.4 Å². The molecule has 0 aliphatic rings. The molecule has 1 aromatic rings. The van der Waals surface area contributed by atoms with Crippen molar-refractivity contribution in [1.29, 1.82) is 0 Å². The third-order valence-electron chi connectivity index (χ3n) is 2.22. The second-order valence-corrected chi connectivity index (χ2v) is 3.65. The molecular formula is C12H15NO4. The standard InChI is InChI=1S/C12H15NO4/c1-8(14)13-11(12(15)16)10-5-3-9(4-6-10)7-17-2/h3-6,11H,7H2,1-2H3,(H,13,14)(H,15,16). The third kappa shape index (κ3) is 3.88. The van der Waals surface area contributed by atoms with Crippen LogP contribution in [0.15, 0.2) is 24.3 Å². The summed E-state index contributed by atoms with van der Waals surface area (Å²) in [4.78, 5) is 21.9. The fourth-order valence-corrected chi connectivity index (χ4v) is 1.46. The van der Waals surface area contributed by atoms with Gasteiger partial charge in [0.25, 0.3) is 0 Å². The lowest BCUT2D eigenvalue weighted by Crippen LogP contribution is -2.31. The minimum Gasteiger partial charge on any atom is -0.479 e. The first kappa shape index (κ1) is 13.2. The third-order valence-corrected chi connectivity index (χ3v) is 2.22. The van der Waals surface area contributed by atoms with E-state index in [9.17, 15) is 9.59 Å². The predicted octanol–water partition coefficient (Wildman–Crippen LogP) is 1.09. The smallest absolute Gasteiger partial charge is 0.330 e. The number of hydrogen-bond donors (Lipinski definition) is 2. The predicted molar refractivity (Wildman–Crippen MR) is 61.3 cm³/mol. The highest BCUT2D eigenvalue weighted by Gasteiger charge is 2.20. The second kappa shape index (κ2) is 6.00. The number of nitrogens with one attached hydrogen (secondary N) is 1. The van der Waals surface area contributed by atoms with Gasteiger partial charge in [0.2, 0.25) is 5.91 Å². The maximum absolute atomic E-state index is 11.0. The minimum atomic E-state index is -1.08. The topological polar surface area (TPSA) is 75.6 Å². The van der Waals surface area contributed by atoms with E-state index < -0.39 is 12.0 Å². The van der Waals surface area contributed by atoms with Crippen molar-refractivity contribution < 1.29 is 19.4 Å². The van der Waals surface area contributed by atoms with Crippen LogP contribution in [0.25, 0.3) is 0 Å². The van der Waals surface area contributed by atoms with Gasteiger partial charge in [-0.1, -0.05) is 24.3 Å². The van der Waals surface area contributed by atoms with Crippen molar-refractivity contribution in [3.05, 3.63) is 35.4 Å². The molecule has 2 N–H and O–H groups in total. The zero-order chi connectivity index (χ0) is 12.8. The maximum atomic E-state index is 11.0. The van der Waals surface area contributed by atoms with E-state index in [0.717, 1.165) is 5.56 Å². The molecule has 92 valence electrons. The molecule has 5 heteroatoms. The highest BCUT2D eigenvalue weighted by Crippen LogP contribution is 2.14. The van der Waals surface area contributed by atoms with Gasteiger partial charge in [0.05, 0.1) is 6.61 Å². The summed E-state index contributed by atoms with van der Waals surface area (Å²) in [5.74, 6) is -1.46. The number of carbonyl (C=O) groups excluding carboxylic acids is 1. The quantitative estimate of drug-likeness (QED) is 0.804. The Kier molecular flexibility index (Phi) is 4.66. The van der Waals surface area contributed by atoms with Gasteiger partial charge in [-0.15, -0.1) is 0 Å². The normalized spacial score (nSPS) is 11.9. The lowest BCUT2D eigenvalue weighted by molar-refractivity contribution is -0.141. The average molecular weight is 237 g/mol. The monoisotopic (exact) mass is 237 g/mol. The Morgan fingerprint density at radius 2 is 1.94 bits per heavy atom. The number of benzene rings is 1. The number of ether oxygens (including phenoxy) is 1. The van der Waals surface area contributed by atoms with E-state index in [4.69, 9.17) is 9.84 Å². The van der Waals surface area contributed by atoms with Crippen LogP contribution in [-0.2, 0) is 20.9 Å². The molecule has 0 bridgehead atoms. The molecule has 17 heavy (non-hydrogen) atoms. The molecule has 0 radical (unpaired) electrons. The number of carboxylic acid groups (broad SMARTS) is 1. The number of amides is 1. The summed E-state index contributed by atoms with van der Waals surface area (Å²) in [6.45, 7) is 1.76. The van der Waals surface area contributed by atoms with Gasteiger partial charge in [-0.25, -0.2) is 4.79 Å². The molecule has 1 unspecified atom stereocenters. The van der Waals surface area contributed by atoms with Crippen LogP contribution < -0.4 is 5.32 Å². The Bertz CT molecular complexity index is 399. The van der Waals surface area contributed by atoms with E-state index in [0.29, 0.717) is 12.2 Å². The maximum Gasteiger partial charge on any atom is 0.330 e. The first-order chi connectivity index (χ1) is 8.04. The Labute approximate surface area is 99.4 Å². The van der Waals surface area contributed by atoms with Crippen LogP contribution in [0.3, 0.4) is 0 Å². The molecule has 1 atom stereocenters. The van der Waals surface area contributed by atoms with Crippen LogP contribution in [-0.4, -0.2) is 24.1 Å². The van der Waals surface area contributed by atoms with Crippen molar-refractivity contribution in [2.75, 3.05) is 7.11 Å². The average Bonchev–Trinajstić information content (AvgIpc) is 2.27. The molecule has 0 aliphatic heterocycles. The van der Waals surface area contributed by atoms with Crippen LogP contribution in [0, 0.1) is 0 Å². The summed E-state index contributed by atoms with van der Waals surface area (Å²) in [5, 5.41) is 11.4. The molecule has 0 heterocycles. The van der Waals surface area contributed by atoms with E-state index in [1.165, 1.54) is 6.92 Å². The van der Waals surface area contributed by atoms with Gasteiger partial charge in [0.15, 0.2) is 6.04 Å². The molecular weight excluding hydrogens is 222 g/mol. The van der Waals surface area contributed by atoms with Crippen molar-refractivity contribution in [2.24, 2.45) is 0 Å². The molecule has 0 aromatic heterocycles. The van der Waals surface area contributed by atoms with Crippen molar-refractivity contribution in [3.8, 4) is 0 Å². The molecule has 5 nitrogen and oxygen atoms in total. The van der Waals surface area contributed by atoms with E-state index in [-0.39, 0.29) is 5.91 Å². The van der Waals surface area contributed by atoms with Crippen LogP contribution in [0.2, 0.25) is 0 Å². The minimum absolute atomic E-state index is 0.377. The second-order valence-electron chi connectivity index (χ2n) is 3.65. The van der Waals surface area contributed by atoms with Gasteiger partial charge < -0.3 is 15.2 Å². The zero-order valence-electron chi connectivity index (χ0n) is 9.77. The molecule has 0 aliphatic carbocycles. The number of rotatable bonds is 5. The first-order valence-corrected chi connectivity index (χ1v) is 5.12. The molecule has 0 spiro atoms. The number of carbonyl (C=O) groups is 2. The van der Waals surface area contributed by atoms with Crippen LogP contribution in [0.5, 0.6) is 0 Å². The van der Waals surface area contributed by atoms with E-state index in [2.05, 4.69) is 5.32 Å². The lowest BCUT2D eigenvalue weighted by atomic mass is 10.1. The Morgan fingerprint density at radius 3 is 2.35 bits per heavy atom. The Hall–Kier alpha value is -1.88. The molecule has 1 rings (SSSR count). The fraction of sp³-hybridized carbons (Fsp3) is 0.333. The summed E-state index contributed by atoms with van der Waals surface area (Å²) < 4.78 is 4.95. The summed E-state index contributed by atoms with van der Waals surface area (Å²) in [6.07, 6.45) is 0. The van der Waals surface area contributed by atoms with Crippen molar-refractivity contribution >= 4 is 11.9 Å². The zero-order valence-corrected chi connectivity index (χ0v) is 9.77. The molecule has 0 saturated heterocycles. The molecule has 0 fully saturated rings. The van der Waals surface area contributed by atoms with Gasteiger partial charge >= 0.3 is 5.97 Å². The summed E-state index contributed by atoms with van der Waals surface area (Å²) in [5.41, 5.74) is 1.48. The van der Waals surface area contributed by atoms with Gasteiger partial charge in [-0.05, 0) is 11.1 Å². The summed E-state index contributed by atoms with van der Waals surface area (Å²) >= 11 is 0. The van der Waals surface area contributed by atoms with E-state index in [1.807, 2.05) is 0 Å². The molecule has 1 aromatic carbocycles.